The molecule has 0 bridgehead atoms. The van der Waals surface area contributed by atoms with Gasteiger partial charge >= 0.3 is 0 Å². The molecule has 3 aromatic rings. The summed E-state index contributed by atoms with van der Waals surface area (Å²) < 4.78 is 15.6. The number of halogens is 1. The highest BCUT2D eigenvalue weighted by molar-refractivity contribution is 5.84. The van der Waals surface area contributed by atoms with Gasteiger partial charge in [-0.25, -0.2) is 9.37 Å². The number of benzene rings is 1. The van der Waals surface area contributed by atoms with E-state index in [1.807, 2.05) is 18.4 Å². The molecule has 2 aromatic heterocycles. The molecular formula is C22H31FN6O2. The number of aryl methyl sites for hydroxylation is 1. The van der Waals surface area contributed by atoms with E-state index in [9.17, 15) is 14.6 Å². The van der Waals surface area contributed by atoms with Gasteiger partial charge in [0.05, 0.1) is 19.0 Å². The molecule has 2 heterocycles. The Kier molecular flexibility index (Phi) is 7.62. The highest BCUT2D eigenvalue weighted by Crippen LogP contribution is 2.25. The zero-order chi connectivity index (χ0) is 22.4. The lowest BCUT2D eigenvalue weighted by Crippen LogP contribution is -2.30. The number of rotatable bonds is 11. The molecule has 0 fully saturated rings. The summed E-state index contributed by atoms with van der Waals surface area (Å²) in [5, 5.41) is 26.1. The van der Waals surface area contributed by atoms with E-state index < -0.39 is 5.82 Å². The van der Waals surface area contributed by atoms with Gasteiger partial charge in [-0.1, -0.05) is 33.6 Å². The van der Waals surface area contributed by atoms with Gasteiger partial charge in [0.15, 0.2) is 17.0 Å². The number of anilines is 2. The molecule has 3 rings (SSSR count). The summed E-state index contributed by atoms with van der Waals surface area (Å²) >= 11 is 0. The van der Waals surface area contributed by atoms with Crippen LogP contribution in [0.5, 0.6) is 5.75 Å². The fraction of sp³-hybridized carbons (Fsp3) is 0.500. The van der Waals surface area contributed by atoms with Crippen LogP contribution >= 0.6 is 0 Å². The number of nitrogens with zero attached hydrogens (tertiary/aromatic N) is 4. The Bertz CT molecular complexity index is 1010. The van der Waals surface area contributed by atoms with Crippen molar-refractivity contribution in [1.29, 1.82) is 0 Å². The molecule has 0 aliphatic rings. The van der Waals surface area contributed by atoms with Gasteiger partial charge in [0.25, 0.3) is 0 Å². The van der Waals surface area contributed by atoms with Gasteiger partial charge in [0.2, 0.25) is 5.95 Å². The van der Waals surface area contributed by atoms with E-state index >= 15 is 0 Å². The zero-order valence-electron chi connectivity index (χ0n) is 18.3. The first kappa shape index (κ1) is 22.7. The number of hydrogen-bond acceptors (Lipinski definition) is 7. The minimum absolute atomic E-state index is 0.00259. The molecule has 0 amide bonds. The maximum absolute atomic E-state index is 13.6. The Hall–Kier alpha value is -2.94. The third-order valence-corrected chi connectivity index (χ3v) is 5.27. The topological polar surface area (TPSA) is 108 Å². The van der Waals surface area contributed by atoms with Crippen LogP contribution in [0.15, 0.2) is 24.5 Å². The second kappa shape index (κ2) is 10.4. The van der Waals surface area contributed by atoms with Crippen LogP contribution in [-0.2, 0) is 13.1 Å². The average Bonchev–Trinajstić information content (AvgIpc) is 3.15. The summed E-state index contributed by atoms with van der Waals surface area (Å²) in [6.45, 7) is 7.08. The van der Waals surface area contributed by atoms with E-state index in [0.29, 0.717) is 28.5 Å². The SMILES string of the molecule is CCCCCn1cnc2c(NCc3cc(F)ccc3O)nc(NC(CO)C(C)C)nc21. The van der Waals surface area contributed by atoms with Crippen LogP contribution in [-0.4, -0.2) is 42.4 Å². The first-order valence-corrected chi connectivity index (χ1v) is 10.7. The van der Waals surface area contributed by atoms with Crippen molar-refractivity contribution in [1.82, 2.24) is 19.5 Å². The number of nitrogens with one attached hydrogen (secondary N) is 2. The number of fused-ring (bicyclic) bond motifs is 1. The fourth-order valence-corrected chi connectivity index (χ4v) is 3.29. The normalized spacial score (nSPS) is 12.5. The first-order valence-electron chi connectivity index (χ1n) is 10.7. The predicted octanol–water partition coefficient (Wildman–Crippen LogP) is 3.90. The number of phenols is 1. The molecule has 1 unspecified atom stereocenters. The minimum Gasteiger partial charge on any atom is -0.508 e. The second-order valence-corrected chi connectivity index (χ2v) is 8.02. The van der Waals surface area contributed by atoms with Crippen LogP contribution in [0, 0.1) is 11.7 Å². The highest BCUT2D eigenvalue weighted by atomic mass is 19.1. The third-order valence-electron chi connectivity index (χ3n) is 5.27. The lowest BCUT2D eigenvalue weighted by Gasteiger charge is -2.20. The number of phenolic OH excluding ortho intramolecular Hbond substituents is 1. The van der Waals surface area contributed by atoms with Crippen LogP contribution < -0.4 is 10.6 Å². The second-order valence-electron chi connectivity index (χ2n) is 8.02. The minimum atomic E-state index is -0.423. The molecule has 0 radical (unpaired) electrons. The van der Waals surface area contributed by atoms with E-state index in [4.69, 9.17) is 0 Å². The number of aromatic hydroxyl groups is 1. The number of unbranched alkanes of at least 4 members (excludes halogenated alkanes) is 2. The third kappa shape index (κ3) is 5.61. The van der Waals surface area contributed by atoms with Crippen LogP contribution in [0.3, 0.4) is 0 Å². The molecule has 8 nitrogen and oxygen atoms in total. The monoisotopic (exact) mass is 430 g/mol. The maximum atomic E-state index is 13.6. The average molecular weight is 431 g/mol. The van der Waals surface area contributed by atoms with Gasteiger partial charge < -0.3 is 25.4 Å². The molecule has 0 aliphatic heterocycles. The Morgan fingerprint density at radius 1 is 1.19 bits per heavy atom. The number of aliphatic hydroxyl groups excluding tert-OH is 1. The molecule has 168 valence electrons. The fourth-order valence-electron chi connectivity index (χ4n) is 3.29. The Labute approximate surface area is 181 Å². The van der Waals surface area contributed by atoms with E-state index in [0.717, 1.165) is 25.8 Å². The lowest BCUT2D eigenvalue weighted by atomic mass is 10.1. The van der Waals surface area contributed by atoms with Gasteiger partial charge in [0.1, 0.15) is 11.6 Å². The molecule has 1 atom stereocenters. The number of imidazole rings is 1. The Balaban J connectivity index is 1.94. The zero-order valence-corrected chi connectivity index (χ0v) is 18.3. The van der Waals surface area contributed by atoms with Crippen molar-refractivity contribution in [3.05, 3.63) is 35.9 Å². The smallest absolute Gasteiger partial charge is 0.227 e. The number of hydrogen-bond donors (Lipinski definition) is 4. The Morgan fingerprint density at radius 2 is 2.00 bits per heavy atom. The molecule has 31 heavy (non-hydrogen) atoms. The van der Waals surface area contributed by atoms with Gasteiger partial charge in [-0.2, -0.15) is 9.97 Å². The molecule has 1 aromatic carbocycles. The first-order chi connectivity index (χ1) is 14.9. The quantitative estimate of drug-likeness (QED) is 0.342. The Morgan fingerprint density at radius 3 is 2.71 bits per heavy atom. The van der Waals surface area contributed by atoms with Crippen molar-refractivity contribution < 1.29 is 14.6 Å². The summed E-state index contributed by atoms with van der Waals surface area (Å²) in [5.74, 6) is 0.615. The molecule has 0 spiro atoms. The highest BCUT2D eigenvalue weighted by Gasteiger charge is 2.18. The van der Waals surface area contributed by atoms with Crippen LogP contribution in [0.1, 0.15) is 45.6 Å². The van der Waals surface area contributed by atoms with Crippen molar-refractivity contribution in [3.63, 3.8) is 0 Å². The van der Waals surface area contributed by atoms with E-state index in [-0.39, 0.29) is 30.9 Å². The predicted molar refractivity (Wildman–Crippen MR) is 120 cm³/mol. The van der Waals surface area contributed by atoms with E-state index in [1.165, 1.54) is 18.2 Å². The molecule has 0 aliphatic carbocycles. The summed E-state index contributed by atoms with van der Waals surface area (Å²) in [6, 6.07) is 3.62. The molecular weight excluding hydrogens is 399 g/mol. The van der Waals surface area contributed by atoms with Crippen LogP contribution in [0.2, 0.25) is 0 Å². The van der Waals surface area contributed by atoms with Gasteiger partial charge in [-0.05, 0) is 30.5 Å². The van der Waals surface area contributed by atoms with Crippen molar-refractivity contribution in [2.24, 2.45) is 5.92 Å². The number of aliphatic hydroxyl groups is 1. The van der Waals surface area contributed by atoms with Gasteiger partial charge in [-0.15, -0.1) is 0 Å². The van der Waals surface area contributed by atoms with Crippen molar-refractivity contribution in [2.45, 2.75) is 59.2 Å². The lowest BCUT2D eigenvalue weighted by molar-refractivity contribution is 0.248. The van der Waals surface area contributed by atoms with E-state index in [1.54, 1.807) is 6.33 Å². The standard InChI is InChI=1S/C22H31FN6O2/c1-4-5-6-9-29-13-25-19-20(24-11-15-10-16(23)7-8-18(15)31)27-22(28-21(19)29)26-17(12-30)14(2)3/h7-8,10,13-14,17,30-31H,4-6,9,11-12H2,1-3H3,(H2,24,26,27,28). The number of aromatic nitrogens is 4. The van der Waals surface area contributed by atoms with Crippen molar-refractivity contribution in [2.75, 3.05) is 17.2 Å². The maximum Gasteiger partial charge on any atom is 0.227 e. The van der Waals surface area contributed by atoms with Crippen LogP contribution in [0.25, 0.3) is 11.2 Å². The van der Waals surface area contributed by atoms with Crippen molar-refractivity contribution in [3.8, 4) is 5.75 Å². The van der Waals surface area contributed by atoms with Gasteiger partial charge in [0, 0.05) is 18.7 Å². The summed E-state index contributed by atoms with van der Waals surface area (Å²) in [6.07, 6.45) is 4.99. The summed E-state index contributed by atoms with van der Waals surface area (Å²) in [5.41, 5.74) is 1.70. The molecule has 0 saturated heterocycles. The summed E-state index contributed by atoms with van der Waals surface area (Å²) in [7, 11) is 0. The summed E-state index contributed by atoms with van der Waals surface area (Å²) in [4.78, 5) is 13.7. The molecule has 0 saturated carbocycles. The van der Waals surface area contributed by atoms with Crippen molar-refractivity contribution >= 4 is 22.9 Å². The van der Waals surface area contributed by atoms with E-state index in [2.05, 4.69) is 32.5 Å². The van der Waals surface area contributed by atoms with Gasteiger partial charge in [-0.3, -0.25) is 0 Å². The molecule has 9 heteroatoms. The molecule has 4 N–H and O–H groups in total. The van der Waals surface area contributed by atoms with Crippen LogP contribution in [0.4, 0.5) is 16.2 Å². The largest absolute Gasteiger partial charge is 0.508 e.